The van der Waals surface area contributed by atoms with Crippen molar-refractivity contribution in [3.05, 3.63) is 139 Å². The zero-order valence-corrected chi connectivity index (χ0v) is 23.9. The van der Waals surface area contributed by atoms with Gasteiger partial charge in [0.15, 0.2) is 0 Å². The maximum Gasteiger partial charge on any atom is 0.120 e. The lowest BCUT2D eigenvalue weighted by molar-refractivity contribution is 0.490. The normalized spacial score (nSPS) is 13.4. The quantitative estimate of drug-likeness (QED) is 0.217. The average molecular weight is 542 g/mol. The Morgan fingerprint density at radius 1 is 0.643 bits per heavy atom. The minimum atomic E-state index is -0.00662. The van der Waals surface area contributed by atoms with Crippen molar-refractivity contribution in [2.75, 3.05) is 0 Å². The van der Waals surface area contributed by atoms with Crippen molar-refractivity contribution < 1.29 is 0 Å². The predicted molar refractivity (Wildman–Crippen MR) is 174 cm³/mol. The number of rotatable bonds is 5. The second kappa shape index (κ2) is 9.53. The summed E-state index contributed by atoms with van der Waals surface area (Å²) >= 11 is 0. The summed E-state index contributed by atoms with van der Waals surface area (Å²) in [4.78, 5) is 4.80. The molecule has 0 aliphatic heterocycles. The summed E-state index contributed by atoms with van der Waals surface area (Å²) in [5.41, 5.74) is 13.0. The first kappa shape index (κ1) is 24.8. The van der Waals surface area contributed by atoms with Crippen LogP contribution in [-0.4, -0.2) is 14.6 Å². The Morgan fingerprint density at radius 2 is 1.38 bits per heavy atom. The summed E-state index contributed by atoms with van der Waals surface area (Å²) in [5.74, 6) is 0. The first-order chi connectivity index (χ1) is 20.7. The molecule has 1 aliphatic rings. The third kappa shape index (κ3) is 3.46. The van der Waals surface area contributed by atoms with E-state index in [1.165, 1.54) is 38.6 Å². The molecule has 0 saturated heterocycles. The first-order valence-electron chi connectivity index (χ1n) is 14.9. The van der Waals surface area contributed by atoms with E-state index in [0.29, 0.717) is 0 Å². The van der Waals surface area contributed by atoms with E-state index in [1.807, 2.05) is 18.3 Å². The van der Waals surface area contributed by atoms with Gasteiger partial charge in [0, 0.05) is 28.1 Å². The number of hydrogen-bond donors (Lipinski definition) is 0. The molecule has 8 rings (SSSR count). The van der Waals surface area contributed by atoms with Crippen molar-refractivity contribution in [2.24, 2.45) is 0 Å². The smallest absolute Gasteiger partial charge is 0.120 e. The van der Waals surface area contributed by atoms with Crippen LogP contribution in [0.1, 0.15) is 37.8 Å². The third-order valence-electron chi connectivity index (χ3n) is 9.36. The highest BCUT2D eigenvalue weighted by atomic mass is 15.2. The summed E-state index contributed by atoms with van der Waals surface area (Å²) < 4.78 is 2.14. The first-order valence-corrected chi connectivity index (χ1v) is 14.9. The Morgan fingerprint density at radius 3 is 2.19 bits per heavy atom. The lowest BCUT2D eigenvalue weighted by atomic mass is 9.73. The summed E-state index contributed by atoms with van der Waals surface area (Å²) in [6.07, 6.45) is 3.97. The highest BCUT2D eigenvalue weighted by molar-refractivity contribution is 6.08. The lowest BCUT2D eigenvalue weighted by Gasteiger charge is -2.30. The van der Waals surface area contributed by atoms with E-state index in [2.05, 4.69) is 128 Å². The van der Waals surface area contributed by atoms with Crippen LogP contribution in [0.15, 0.2) is 128 Å². The summed E-state index contributed by atoms with van der Waals surface area (Å²) in [6, 6.07) is 43.6. The molecule has 0 radical (unpaired) electrons. The molecule has 202 valence electrons. The fourth-order valence-corrected chi connectivity index (χ4v) is 7.28. The SMILES string of the molecule is CCC1(CC)c2ccccc2-c2ccc(-c3c(-c4ccccn4)nn4c(-c5ccccc5)cc5ccccc5c34)cc21. The minimum Gasteiger partial charge on any atom is -0.255 e. The van der Waals surface area contributed by atoms with E-state index in [0.717, 1.165) is 46.6 Å². The van der Waals surface area contributed by atoms with Crippen molar-refractivity contribution in [1.29, 1.82) is 0 Å². The van der Waals surface area contributed by atoms with Crippen molar-refractivity contribution >= 4 is 16.3 Å². The number of nitrogens with zero attached hydrogens (tertiary/aromatic N) is 3. The van der Waals surface area contributed by atoms with Crippen LogP contribution in [0.4, 0.5) is 0 Å². The van der Waals surface area contributed by atoms with Crippen LogP contribution < -0.4 is 0 Å². The molecule has 0 unspecified atom stereocenters. The van der Waals surface area contributed by atoms with E-state index in [-0.39, 0.29) is 5.41 Å². The lowest BCUT2D eigenvalue weighted by Crippen LogP contribution is -2.23. The van der Waals surface area contributed by atoms with Crippen LogP contribution in [0.2, 0.25) is 0 Å². The minimum absolute atomic E-state index is 0.00662. The Labute approximate surface area is 246 Å². The molecule has 0 atom stereocenters. The fraction of sp³-hybridized carbons (Fsp3) is 0.128. The molecule has 0 amide bonds. The molecule has 0 spiro atoms. The van der Waals surface area contributed by atoms with E-state index in [1.54, 1.807) is 0 Å². The van der Waals surface area contributed by atoms with E-state index < -0.39 is 0 Å². The molecule has 42 heavy (non-hydrogen) atoms. The molecule has 3 heteroatoms. The van der Waals surface area contributed by atoms with Gasteiger partial charge in [0.1, 0.15) is 5.69 Å². The van der Waals surface area contributed by atoms with Gasteiger partial charge in [0.05, 0.1) is 16.9 Å². The van der Waals surface area contributed by atoms with Crippen LogP contribution in [0, 0.1) is 0 Å². The van der Waals surface area contributed by atoms with Crippen LogP contribution in [-0.2, 0) is 5.41 Å². The summed E-state index contributed by atoms with van der Waals surface area (Å²) in [6.45, 7) is 4.66. The van der Waals surface area contributed by atoms with Gasteiger partial charge in [-0.3, -0.25) is 4.98 Å². The molecular formula is C39H31N3. The summed E-state index contributed by atoms with van der Waals surface area (Å²) in [7, 11) is 0. The van der Waals surface area contributed by atoms with Crippen molar-refractivity contribution in [3.63, 3.8) is 0 Å². The number of aromatic nitrogens is 3. The molecule has 3 aromatic heterocycles. The number of fused-ring (bicyclic) bond motifs is 6. The molecule has 4 aromatic carbocycles. The van der Waals surface area contributed by atoms with Gasteiger partial charge in [-0.25, -0.2) is 4.52 Å². The molecule has 0 bridgehead atoms. The van der Waals surface area contributed by atoms with Gasteiger partial charge in [0.25, 0.3) is 0 Å². The number of pyridine rings is 2. The second-order valence-corrected chi connectivity index (χ2v) is 11.3. The Balaban J connectivity index is 1.50. The van der Waals surface area contributed by atoms with Crippen molar-refractivity contribution in [1.82, 2.24) is 14.6 Å². The molecule has 0 N–H and O–H groups in total. The van der Waals surface area contributed by atoms with Gasteiger partial charge in [-0.1, -0.05) is 111 Å². The number of hydrogen-bond acceptors (Lipinski definition) is 2. The zero-order chi connectivity index (χ0) is 28.3. The largest absolute Gasteiger partial charge is 0.255 e. The van der Waals surface area contributed by atoms with Crippen LogP contribution in [0.5, 0.6) is 0 Å². The average Bonchev–Trinajstić information content (AvgIpc) is 3.60. The fourth-order valence-electron chi connectivity index (χ4n) is 7.28. The molecule has 1 aliphatic carbocycles. The van der Waals surface area contributed by atoms with Crippen LogP contribution >= 0.6 is 0 Å². The molecular weight excluding hydrogens is 510 g/mol. The standard InChI is InChI=1S/C39H31N3/c1-3-39(4-2)32-19-11-10-18-30(32)31-22-21-28(24-33(31)39)36-37(34-20-12-13-23-40-34)41-42-35(26-14-6-5-7-15-26)25-27-16-8-9-17-29(27)38(36)42/h5-25H,3-4H2,1-2H3. The summed E-state index contributed by atoms with van der Waals surface area (Å²) in [5, 5.41) is 7.73. The van der Waals surface area contributed by atoms with Crippen molar-refractivity contribution in [2.45, 2.75) is 32.1 Å². The van der Waals surface area contributed by atoms with Gasteiger partial charge in [-0.05, 0) is 70.3 Å². The van der Waals surface area contributed by atoms with Gasteiger partial charge in [0.2, 0.25) is 0 Å². The maximum absolute atomic E-state index is 5.35. The van der Waals surface area contributed by atoms with Crippen LogP contribution in [0.3, 0.4) is 0 Å². The topological polar surface area (TPSA) is 30.2 Å². The van der Waals surface area contributed by atoms with Crippen molar-refractivity contribution in [3.8, 4) is 44.9 Å². The van der Waals surface area contributed by atoms with E-state index >= 15 is 0 Å². The van der Waals surface area contributed by atoms with Gasteiger partial charge >= 0.3 is 0 Å². The Hall–Kier alpha value is -5.02. The third-order valence-corrected chi connectivity index (χ3v) is 9.36. The van der Waals surface area contributed by atoms with Crippen LogP contribution in [0.25, 0.3) is 61.2 Å². The molecule has 3 heterocycles. The molecule has 0 saturated carbocycles. The molecule has 3 nitrogen and oxygen atoms in total. The molecule has 0 fully saturated rings. The maximum atomic E-state index is 5.35. The van der Waals surface area contributed by atoms with E-state index in [9.17, 15) is 0 Å². The van der Waals surface area contributed by atoms with Gasteiger partial charge in [-0.15, -0.1) is 0 Å². The van der Waals surface area contributed by atoms with E-state index in [4.69, 9.17) is 10.1 Å². The van der Waals surface area contributed by atoms with Gasteiger partial charge in [-0.2, -0.15) is 5.10 Å². The van der Waals surface area contributed by atoms with Gasteiger partial charge < -0.3 is 0 Å². The Kier molecular flexibility index (Phi) is 5.61. The predicted octanol–water partition coefficient (Wildman–Crippen LogP) is 9.97. The second-order valence-electron chi connectivity index (χ2n) is 11.3. The highest BCUT2D eigenvalue weighted by Gasteiger charge is 2.40. The zero-order valence-electron chi connectivity index (χ0n) is 23.9. The highest BCUT2D eigenvalue weighted by Crippen LogP contribution is 2.54. The monoisotopic (exact) mass is 541 g/mol. The Bertz CT molecular complexity index is 2100. The molecule has 7 aromatic rings. The number of benzene rings is 4.